The highest BCUT2D eigenvalue weighted by Gasteiger charge is 2.52. The van der Waals surface area contributed by atoms with Gasteiger partial charge in [0.25, 0.3) is 0 Å². The fraction of sp³-hybridized carbons (Fsp3) is 0.700. The maximum atomic E-state index is 12.6. The van der Waals surface area contributed by atoms with Crippen molar-refractivity contribution >= 4 is 34.6 Å². The van der Waals surface area contributed by atoms with E-state index in [9.17, 15) is 4.79 Å². The van der Waals surface area contributed by atoms with Crippen LogP contribution in [0.5, 0.6) is 0 Å². The molecule has 0 spiro atoms. The Morgan fingerprint density at radius 3 is 2.64 bits per heavy atom. The number of thiazole rings is 1. The van der Waals surface area contributed by atoms with E-state index in [4.69, 9.17) is 17.2 Å². The Bertz CT molecular complexity index is 907. The van der Waals surface area contributed by atoms with Crippen molar-refractivity contribution in [3.63, 3.8) is 0 Å². The lowest BCUT2D eigenvalue weighted by molar-refractivity contribution is -0.116. The third-order valence-corrected chi connectivity index (χ3v) is 8.01. The van der Waals surface area contributed by atoms with Crippen molar-refractivity contribution in [1.82, 2.24) is 19.7 Å². The highest BCUT2D eigenvalue weighted by molar-refractivity contribution is 7.71. The van der Waals surface area contributed by atoms with Gasteiger partial charge >= 0.3 is 0 Å². The van der Waals surface area contributed by atoms with Crippen LogP contribution in [0.3, 0.4) is 0 Å². The van der Waals surface area contributed by atoms with Gasteiger partial charge in [-0.1, -0.05) is 6.92 Å². The molecule has 0 unspecified atom stereocenters. The van der Waals surface area contributed by atoms with Crippen LogP contribution in [0.25, 0.3) is 0 Å². The van der Waals surface area contributed by atoms with E-state index < -0.39 is 0 Å². The summed E-state index contributed by atoms with van der Waals surface area (Å²) < 4.78 is 2.27. The summed E-state index contributed by atoms with van der Waals surface area (Å²) in [6, 6.07) is 0. The molecule has 4 saturated carbocycles. The van der Waals surface area contributed by atoms with Crippen LogP contribution in [0.4, 0.5) is 5.13 Å². The van der Waals surface area contributed by atoms with Gasteiger partial charge in [-0.2, -0.15) is 5.10 Å². The van der Waals surface area contributed by atoms with Crippen molar-refractivity contribution < 1.29 is 4.79 Å². The number of aromatic nitrogens is 4. The number of hydrogen-bond acceptors (Lipinski definition) is 5. The molecule has 1 amide bonds. The van der Waals surface area contributed by atoms with Gasteiger partial charge < -0.3 is 5.32 Å². The molecule has 8 heteroatoms. The Balaban J connectivity index is 1.29. The average molecular weight is 418 g/mol. The second-order valence-electron chi connectivity index (χ2n) is 9.07. The van der Waals surface area contributed by atoms with Gasteiger partial charge in [-0.3, -0.25) is 14.5 Å². The first-order valence-electron chi connectivity index (χ1n) is 10.4. The minimum Gasteiger partial charge on any atom is -0.300 e. The second-order valence-corrected chi connectivity index (χ2v) is 10.3. The molecule has 0 atom stereocenters. The molecule has 4 aliphatic carbocycles. The first-order chi connectivity index (χ1) is 13.5. The molecule has 4 fully saturated rings. The van der Waals surface area contributed by atoms with E-state index in [1.807, 2.05) is 0 Å². The fourth-order valence-electron chi connectivity index (χ4n) is 6.23. The number of carbonyl (C=O) groups is 1. The van der Waals surface area contributed by atoms with E-state index in [2.05, 4.69) is 27.8 Å². The van der Waals surface area contributed by atoms with E-state index in [0.717, 1.165) is 36.4 Å². The number of hydrogen-bond donors (Lipinski definition) is 2. The fourth-order valence-corrected chi connectivity index (χ4v) is 7.29. The van der Waals surface area contributed by atoms with Crippen molar-refractivity contribution in [2.24, 2.45) is 17.8 Å². The number of H-pyrrole nitrogens is 1. The van der Waals surface area contributed by atoms with Gasteiger partial charge in [0.1, 0.15) is 12.4 Å². The Morgan fingerprint density at radius 1 is 1.32 bits per heavy atom. The lowest BCUT2D eigenvalue weighted by atomic mass is 9.49. The number of carbonyl (C=O) groups excluding carboxylic acids is 1. The standard InChI is InChI=1S/C20H27N5OS2/c1-2-3-16-23-24-19(27)25(16)10-17(26)22-18-21-15(11-28-18)20-7-12-4-13(8-20)6-14(5-12)9-20/h11-14H,2-10H2,1H3,(H,24,27)(H,21,22,26). The first kappa shape index (κ1) is 18.5. The lowest BCUT2D eigenvalue weighted by Gasteiger charge is -2.56. The Labute approximate surface area is 174 Å². The summed E-state index contributed by atoms with van der Waals surface area (Å²) in [6.45, 7) is 2.26. The molecule has 0 aromatic carbocycles. The normalized spacial score (nSPS) is 30.7. The van der Waals surface area contributed by atoms with Gasteiger partial charge in [0, 0.05) is 17.2 Å². The zero-order valence-electron chi connectivity index (χ0n) is 16.2. The Hall–Kier alpha value is -1.54. The highest BCUT2D eigenvalue weighted by Crippen LogP contribution is 2.60. The van der Waals surface area contributed by atoms with Crippen molar-refractivity contribution in [1.29, 1.82) is 0 Å². The zero-order chi connectivity index (χ0) is 19.3. The number of amides is 1. The van der Waals surface area contributed by atoms with Gasteiger partial charge in [0.15, 0.2) is 9.90 Å². The van der Waals surface area contributed by atoms with E-state index in [1.165, 1.54) is 44.2 Å². The predicted molar refractivity (Wildman–Crippen MR) is 112 cm³/mol. The minimum atomic E-state index is -0.0961. The van der Waals surface area contributed by atoms with Crippen molar-refractivity contribution in [2.45, 2.75) is 70.3 Å². The summed E-state index contributed by atoms with van der Waals surface area (Å²) in [5.74, 6) is 3.42. The number of aryl methyl sites for hydroxylation is 1. The number of rotatable bonds is 6. The summed E-state index contributed by atoms with van der Waals surface area (Å²) >= 11 is 6.83. The van der Waals surface area contributed by atoms with Crippen LogP contribution in [0.1, 0.15) is 63.4 Å². The van der Waals surface area contributed by atoms with Gasteiger partial charge in [-0.25, -0.2) is 4.98 Å². The maximum Gasteiger partial charge on any atom is 0.246 e. The zero-order valence-corrected chi connectivity index (χ0v) is 17.9. The molecule has 2 heterocycles. The quantitative estimate of drug-likeness (QED) is 0.681. The number of nitrogens with zero attached hydrogens (tertiary/aromatic N) is 3. The summed E-state index contributed by atoms with van der Waals surface area (Å²) in [5, 5.41) is 12.9. The van der Waals surface area contributed by atoms with Crippen molar-refractivity contribution in [3.8, 4) is 0 Å². The van der Waals surface area contributed by atoms with Crippen LogP contribution in [0.2, 0.25) is 0 Å². The van der Waals surface area contributed by atoms with Gasteiger partial charge in [-0.05, 0) is 74.9 Å². The summed E-state index contributed by atoms with van der Waals surface area (Å²) in [4.78, 5) is 17.5. The van der Waals surface area contributed by atoms with E-state index >= 15 is 0 Å². The molecule has 2 aromatic heterocycles. The minimum absolute atomic E-state index is 0.0961. The van der Waals surface area contributed by atoms with Crippen LogP contribution in [0, 0.1) is 22.5 Å². The summed E-state index contributed by atoms with van der Waals surface area (Å²) in [7, 11) is 0. The molecular weight excluding hydrogens is 390 g/mol. The smallest absolute Gasteiger partial charge is 0.246 e. The molecule has 28 heavy (non-hydrogen) atoms. The number of anilines is 1. The lowest BCUT2D eigenvalue weighted by Crippen LogP contribution is -2.48. The van der Waals surface area contributed by atoms with E-state index in [-0.39, 0.29) is 17.9 Å². The molecule has 150 valence electrons. The molecular formula is C20H27N5OS2. The molecule has 4 aliphatic rings. The van der Waals surface area contributed by atoms with Crippen LogP contribution in [-0.2, 0) is 23.2 Å². The van der Waals surface area contributed by atoms with Gasteiger partial charge in [-0.15, -0.1) is 11.3 Å². The molecule has 0 radical (unpaired) electrons. The van der Waals surface area contributed by atoms with Crippen molar-refractivity contribution in [3.05, 3.63) is 21.7 Å². The van der Waals surface area contributed by atoms with E-state index in [0.29, 0.717) is 9.90 Å². The molecule has 6 rings (SSSR count). The van der Waals surface area contributed by atoms with E-state index in [1.54, 1.807) is 15.9 Å². The molecule has 6 nitrogen and oxygen atoms in total. The largest absolute Gasteiger partial charge is 0.300 e. The second kappa shape index (κ2) is 7.06. The first-order valence-corrected chi connectivity index (χ1v) is 11.7. The topological polar surface area (TPSA) is 75.6 Å². The SMILES string of the molecule is CCCc1n[nH]c(=S)n1CC(=O)Nc1nc(C23CC4CC(CC(C4)C2)C3)cs1. The Morgan fingerprint density at radius 2 is 2.00 bits per heavy atom. The third-order valence-electron chi connectivity index (χ3n) is 6.94. The number of aromatic amines is 1. The predicted octanol–water partition coefficient (Wildman–Crippen LogP) is 4.46. The molecule has 0 aliphatic heterocycles. The number of nitrogens with one attached hydrogen (secondary N) is 2. The molecule has 4 bridgehead atoms. The third kappa shape index (κ3) is 3.24. The van der Waals surface area contributed by atoms with Crippen LogP contribution in [-0.4, -0.2) is 25.7 Å². The highest BCUT2D eigenvalue weighted by atomic mass is 32.1. The molecule has 0 saturated heterocycles. The molecule has 2 N–H and O–H groups in total. The average Bonchev–Trinajstić information content (AvgIpc) is 3.23. The maximum absolute atomic E-state index is 12.6. The van der Waals surface area contributed by atoms with Crippen LogP contribution < -0.4 is 5.32 Å². The van der Waals surface area contributed by atoms with Crippen LogP contribution in [0.15, 0.2) is 5.38 Å². The summed E-state index contributed by atoms with van der Waals surface area (Å²) in [6.07, 6.45) is 9.92. The van der Waals surface area contributed by atoms with Gasteiger partial charge in [0.2, 0.25) is 5.91 Å². The summed E-state index contributed by atoms with van der Waals surface area (Å²) in [5.41, 5.74) is 1.49. The van der Waals surface area contributed by atoms with Gasteiger partial charge in [0.05, 0.1) is 5.69 Å². The molecule has 2 aromatic rings. The van der Waals surface area contributed by atoms with Crippen molar-refractivity contribution in [2.75, 3.05) is 5.32 Å². The van der Waals surface area contributed by atoms with Crippen LogP contribution >= 0.6 is 23.6 Å². The monoisotopic (exact) mass is 417 g/mol. The Kier molecular flexibility index (Phi) is 4.66.